The minimum absolute atomic E-state index is 0.00581. The van der Waals surface area contributed by atoms with Gasteiger partial charge in [-0.2, -0.15) is 0 Å². The number of Topliss-reactive ketones (excluding diaryl/α,β-unsaturated/α-hetero) is 1. The summed E-state index contributed by atoms with van der Waals surface area (Å²) < 4.78 is 26.4. The molecule has 1 fully saturated rings. The lowest BCUT2D eigenvalue weighted by molar-refractivity contribution is -0.132. The van der Waals surface area contributed by atoms with Gasteiger partial charge < -0.3 is 14.6 Å². The average molecular weight is 632 g/mol. The van der Waals surface area contributed by atoms with Gasteiger partial charge in [-0.3, -0.25) is 14.5 Å². The van der Waals surface area contributed by atoms with Crippen LogP contribution in [0.25, 0.3) is 5.76 Å². The number of halogens is 1. The van der Waals surface area contributed by atoms with Crippen molar-refractivity contribution in [1.29, 1.82) is 0 Å². The molecule has 226 valence electrons. The molecule has 2 aliphatic rings. The Morgan fingerprint density at radius 2 is 1.98 bits per heavy atom. The number of aliphatic hydroxyl groups excluding tert-OH is 1. The summed E-state index contributed by atoms with van der Waals surface area (Å²) in [6, 6.07) is 17.9. The third-order valence-electron chi connectivity index (χ3n) is 7.47. The molecule has 1 saturated heterocycles. The van der Waals surface area contributed by atoms with Gasteiger partial charge in [0.05, 0.1) is 18.2 Å². The summed E-state index contributed by atoms with van der Waals surface area (Å²) in [6.45, 7) is 4.56. The minimum Gasteiger partial charge on any atom is -0.507 e. The van der Waals surface area contributed by atoms with Crippen LogP contribution in [0.1, 0.15) is 55.0 Å². The molecule has 3 heterocycles. The van der Waals surface area contributed by atoms with Gasteiger partial charge in [-0.15, -0.1) is 10.2 Å². The molecule has 2 aliphatic heterocycles. The zero-order chi connectivity index (χ0) is 30.8. The van der Waals surface area contributed by atoms with Crippen LogP contribution in [0.4, 0.5) is 9.52 Å². The predicted molar refractivity (Wildman–Crippen MR) is 168 cm³/mol. The quantitative estimate of drug-likeness (QED) is 0.0494. The van der Waals surface area contributed by atoms with E-state index in [1.165, 1.54) is 22.7 Å². The number of nitrogens with zero attached hydrogens (tertiary/aromatic N) is 3. The van der Waals surface area contributed by atoms with Gasteiger partial charge in [-0.25, -0.2) is 4.39 Å². The Kier molecular flexibility index (Phi) is 8.67. The van der Waals surface area contributed by atoms with Crippen molar-refractivity contribution in [2.75, 3.05) is 11.5 Å². The number of aliphatic hydroxyl groups is 1. The van der Waals surface area contributed by atoms with Crippen molar-refractivity contribution in [3.05, 3.63) is 100 Å². The molecule has 1 amide bonds. The molecule has 11 heteroatoms. The van der Waals surface area contributed by atoms with Crippen LogP contribution in [0.5, 0.6) is 11.5 Å². The number of hydrogen-bond donors (Lipinski definition) is 1. The Morgan fingerprint density at radius 3 is 2.80 bits per heavy atom. The van der Waals surface area contributed by atoms with Crippen molar-refractivity contribution in [1.82, 2.24) is 10.2 Å². The highest BCUT2D eigenvalue weighted by atomic mass is 32.2. The second-order valence-corrected chi connectivity index (χ2v) is 12.8. The summed E-state index contributed by atoms with van der Waals surface area (Å²) in [7, 11) is 0. The lowest BCUT2D eigenvalue weighted by Crippen LogP contribution is -2.29. The number of fused-ring (bicyclic) bond motifs is 1. The second-order valence-electron chi connectivity index (χ2n) is 10.6. The minimum atomic E-state index is -0.981. The van der Waals surface area contributed by atoms with E-state index < -0.39 is 17.7 Å². The van der Waals surface area contributed by atoms with Crippen LogP contribution in [0, 0.1) is 5.82 Å². The fraction of sp³-hybridized carbons (Fsp3) is 0.273. The number of amides is 1. The van der Waals surface area contributed by atoms with Crippen molar-refractivity contribution in [3.8, 4) is 11.5 Å². The molecule has 0 aliphatic carbocycles. The Balaban J connectivity index is 1.39. The van der Waals surface area contributed by atoms with Gasteiger partial charge in [0.15, 0.2) is 4.34 Å². The molecule has 44 heavy (non-hydrogen) atoms. The molecule has 0 radical (unpaired) electrons. The van der Waals surface area contributed by atoms with Crippen molar-refractivity contribution >= 4 is 45.7 Å². The molecule has 4 aromatic rings. The summed E-state index contributed by atoms with van der Waals surface area (Å²) in [5, 5.41) is 20.3. The molecule has 0 spiro atoms. The normalized spacial score (nSPS) is 18.8. The van der Waals surface area contributed by atoms with Gasteiger partial charge >= 0.3 is 5.91 Å². The predicted octanol–water partition coefficient (Wildman–Crippen LogP) is 7.10. The van der Waals surface area contributed by atoms with Gasteiger partial charge in [0.1, 0.15) is 29.2 Å². The monoisotopic (exact) mass is 631 g/mol. The molecule has 0 bridgehead atoms. The van der Waals surface area contributed by atoms with Crippen LogP contribution in [0.3, 0.4) is 0 Å². The van der Waals surface area contributed by atoms with Gasteiger partial charge in [0, 0.05) is 17.7 Å². The molecular formula is C33H30FN3O5S2. The first-order valence-corrected chi connectivity index (χ1v) is 16.2. The average Bonchev–Trinajstić information content (AvgIpc) is 3.71. The Bertz CT molecular complexity index is 1760. The molecule has 8 nitrogen and oxygen atoms in total. The molecule has 3 aromatic carbocycles. The highest BCUT2D eigenvalue weighted by molar-refractivity contribution is 8.00. The first-order chi connectivity index (χ1) is 21.3. The number of carbonyl (C=O) groups excluding carboxylic acids is 2. The van der Waals surface area contributed by atoms with Gasteiger partial charge in [0.2, 0.25) is 5.13 Å². The number of benzene rings is 3. The van der Waals surface area contributed by atoms with E-state index in [4.69, 9.17) is 9.47 Å². The van der Waals surface area contributed by atoms with Crippen LogP contribution in [0.2, 0.25) is 0 Å². The van der Waals surface area contributed by atoms with E-state index >= 15 is 0 Å². The maximum absolute atomic E-state index is 14.2. The fourth-order valence-electron chi connectivity index (χ4n) is 5.29. The topological polar surface area (TPSA) is 102 Å². The number of thioether (sulfide) groups is 1. The van der Waals surface area contributed by atoms with Crippen molar-refractivity contribution in [2.24, 2.45) is 0 Å². The van der Waals surface area contributed by atoms with Crippen LogP contribution in [0.15, 0.2) is 76.6 Å². The maximum Gasteiger partial charge on any atom is 0.301 e. The molecule has 2 atom stereocenters. The third-order valence-corrected chi connectivity index (χ3v) is 9.57. The SMILES string of the molecule is CCCCOc1cccc([C@H]2C(=C(O)c3ccc4c(c3)C[C@@H](C)O4)C(=O)C(=O)N2c2nnc(SCc3ccccc3F)s2)c1. The maximum atomic E-state index is 14.2. The van der Waals surface area contributed by atoms with Gasteiger partial charge in [-0.05, 0) is 66.4 Å². The first kappa shape index (κ1) is 29.8. The van der Waals surface area contributed by atoms with Crippen LogP contribution in [-0.2, 0) is 21.8 Å². The lowest BCUT2D eigenvalue weighted by atomic mass is 9.94. The van der Waals surface area contributed by atoms with Crippen LogP contribution in [-0.4, -0.2) is 39.7 Å². The first-order valence-electron chi connectivity index (χ1n) is 14.4. The largest absolute Gasteiger partial charge is 0.507 e. The Labute approximate surface area is 262 Å². The number of carbonyl (C=O) groups is 2. The molecule has 1 N–H and O–H groups in total. The number of aromatic nitrogens is 2. The van der Waals surface area contributed by atoms with Crippen molar-refractivity contribution < 1.29 is 28.6 Å². The molecule has 6 rings (SSSR count). The number of ether oxygens (including phenoxy) is 2. The van der Waals surface area contributed by atoms with Crippen molar-refractivity contribution in [2.45, 2.75) is 55.3 Å². The number of hydrogen-bond acceptors (Lipinski definition) is 9. The molecule has 0 unspecified atom stereocenters. The zero-order valence-corrected chi connectivity index (χ0v) is 25.8. The third kappa shape index (κ3) is 5.94. The fourth-order valence-corrected chi connectivity index (χ4v) is 7.15. The summed E-state index contributed by atoms with van der Waals surface area (Å²) >= 11 is 2.41. The Morgan fingerprint density at radius 1 is 1.14 bits per heavy atom. The van der Waals surface area contributed by atoms with E-state index in [1.807, 2.05) is 13.0 Å². The number of anilines is 1. The highest BCUT2D eigenvalue weighted by Gasteiger charge is 2.48. The van der Waals surface area contributed by atoms with E-state index in [0.717, 1.165) is 35.5 Å². The number of rotatable bonds is 10. The molecule has 0 saturated carbocycles. The van der Waals surface area contributed by atoms with E-state index in [1.54, 1.807) is 54.6 Å². The summed E-state index contributed by atoms with van der Waals surface area (Å²) in [4.78, 5) is 28.6. The van der Waals surface area contributed by atoms with Crippen molar-refractivity contribution in [3.63, 3.8) is 0 Å². The van der Waals surface area contributed by atoms with E-state index in [-0.39, 0.29) is 28.4 Å². The van der Waals surface area contributed by atoms with Gasteiger partial charge in [-0.1, -0.05) is 66.8 Å². The molecule has 1 aromatic heterocycles. The summed E-state index contributed by atoms with van der Waals surface area (Å²) in [5.74, 6) is -0.611. The molecular weight excluding hydrogens is 602 g/mol. The van der Waals surface area contributed by atoms with E-state index in [2.05, 4.69) is 17.1 Å². The smallest absolute Gasteiger partial charge is 0.301 e. The van der Waals surface area contributed by atoms with E-state index in [9.17, 15) is 19.1 Å². The zero-order valence-electron chi connectivity index (χ0n) is 24.2. The second kappa shape index (κ2) is 12.8. The highest BCUT2D eigenvalue weighted by Crippen LogP contribution is 2.45. The van der Waals surface area contributed by atoms with Crippen LogP contribution < -0.4 is 14.4 Å². The summed E-state index contributed by atoms with van der Waals surface area (Å²) in [5.41, 5.74) is 2.37. The van der Waals surface area contributed by atoms with E-state index in [0.29, 0.717) is 45.6 Å². The summed E-state index contributed by atoms with van der Waals surface area (Å²) in [6.07, 6.45) is 2.52. The van der Waals surface area contributed by atoms with Crippen LogP contribution >= 0.6 is 23.1 Å². The Hall–Kier alpha value is -4.22. The standard InChI is InChI=1S/C33H30FN3O5S2/c1-3-4-14-41-24-10-7-9-20(17-24)28-27(29(38)21-12-13-26-23(16-21)15-19(2)42-26)30(39)31(40)37(28)32-35-36-33(44-32)43-18-22-8-5-6-11-25(22)34/h5-13,16-17,19,28,38H,3-4,14-15,18H2,1-2H3/t19-,28+/m1/s1. The number of unbranched alkanes of at least 4 members (excludes halogenated alkanes) is 1. The number of ketones is 1. The van der Waals surface area contributed by atoms with Gasteiger partial charge in [0.25, 0.3) is 5.78 Å². The lowest BCUT2D eigenvalue weighted by Gasteiger charge is -2.23.